The van der Waals surface area contributed by atoms with Crippen molar-refractivity contribution in [3.05, 3.63) is 28.7 Å². The Balaban J connectivity index is 1.96. The second-order valence-corrected chi connectivity index (χ2v) is 6.08. The number of nitrogens with zero attached hydrogens (tertiary/aromatic N) is 2. The maximum atomic E-state index is 12.0. The van der Waals surface area contributed by atoms with Crippen LogP contribution in [0.15, 0.2) is 18.9 Å². The topological polar surface area (TPSA) is 33.2 Å². The second-order valence-electron chi connectivity index (χ2n) is 4.82. The maximum absolute atomic E-state index is 12.0. The third-order valence-corrected chi connectivity index (χ3v) is 4.40. The lowest BCUT2D eigenvalue weighted by atomic mass is 9.98. The van der Waals surface area contributed by atoms with E-state index >= 15 is 0 Å². The van der Waals surface area contributed by atoms with E-state index in [2.05, 4.69) is 18.5 Å². The predicted molar refractivity (Wildman–Crippen MR) is 74.8 cm³/mol. The smallest absolute Gasteiger partial charge is 0.222 e. The summed E-state index contributed by atoms with van der Waals surface area (Å²) in [6, 6.07) is 0. The summed E-state index contributed by atoms with van der Waals surface area (Å²) in [6.45, 7) is 7.48. The van der Waals surface area contributed by atoms with E-state index in [0.29, 0.717) is 12.3 Å². The van der Waals surface area contributed by atoms with Crippen molar-refractivity contribution in [2.24, 2.45) is 0 Å². The fourth-order valence-electron chi connectivity index (χ4n) is 2.35. The van der Waals surface area contributed by atoms with Crippen LogP contribution in [-0.2, 0) is 4.79 Å². The molecule has 0 saturated carbocycles. The molecule has 1 aromatic rings. The van der Waals surface area contributed by atoms with Crippen LogP contribution >= 0.6 is 11.3 Å². The largest absolute Gasteiger partial charge is 0.342 e. The summed E-state index contributed by atoms with van der Waals surface area (Å²) in [7, 11) is 0. The van der Waals surface area contributed by atoms with E-state index in [-0.39, 0.29) is 5.91 Å². The van der Waals surface area contributed by atoms with Gasteiger partial charge in [-0.05, 0) is 26.2 Å². The third kappa shape index (κ3) is 3.19. The maximum Gasteiger partial charge on any atom is 0.222 e. The molecule has 0 aliphatic carbocycles. The minimum Gasteiger partial charge on any atom is -0.342 e. The Hall–Kier alpha value is -1.16. The van der Waals surface area contributed by atoms with Crippen LogP contribution in [0.25, 0.3) is 0 Å². The van der Waals surface area contributed by atoms with Gasteiger partial charge in [0.05, 0.1) is 5.01 Å². The first-order valence-corrected chi connectivity index (χ1v) is 7.33. The van der Waals surface area contributed by atoms with Crippen LogP contribution in [0.5, 0.6) is 0 Å². The highest BCUT2D eigenvalue weighted by atomic mass is 32.1. The van der Waals surface area contributed by atoms with E-state index < -0.39 is 0 Å². The third-order valence-electron chi connectivity index (χ3n) is 3.32. The zero-order valence-electron chi connectivity index (χ0n) is 10.9. The zero-order valence-corrected chi connectivity index (χ0v) is 11.7. The van der Waals surface area contributed by atoms with Crippen LogP contribution in [0.3, 0.4) is 0 Å². The number of likely N-dealkylation sites (tertiary alicyclic amines) is 1. The molecule has 0 radical (unpaired) electrons. The van der Waals surface area contributed by atoms with Gasteiger partial charge in [-0.2, -0.15) is 0 Å². The number of aromatic nitrogens is 1. The quantitative estimate of drug-likeness (QED) is 0.783. The van der Waals surface area contributed by atoms with Crippen molar-refractivity contribution in [1.82, 2.24) is 9.88 Å². The van der Waals surface area contributed by atoms with E-state index in [4.69, 9.17) is 0 Å². The Morgan fingerprint density at radius 2 is 2.56 bits per heavy atom. The van der Waals surface area contributed by atoms with Gasteiger partial charge in [-0.25, -0.2) is 4.98 Å². The number of piperidine rings is 1. The van der Waals surface area contributed by atoms with Crippen molar-refractivity contribution in [3.8, 4) is 0 Å². The lowest BCUT2D eigenvalue weighted by molar-refractivity contribution is -0.132. The second kappa shape index (κ2) is 6.14. The summed E-state index contributed by atoms with van der Waals surface area (Å²) in [5.74, 6) is 0.693. The summed E-state index contributed by atoms with van der Waals surface area (Å²) in [6.07, 6.45) is 7.34. The fraction of sp³-hybridized carbons (Fsp3) is 0.571. The molecule has 1 aliphatic heterocycles. The van der Waals surface area contributed by atoms with Gasteiger partial charge in [0.1, 0.15) is 0 Å². The van der Waals surface area contributed by atoms with Gasteiger partial charge in [-0.15, -0.1) is 17.9 Å². The van der Waals surface area contributed by atoms with Gasteiger partial charge < -0.3 is 4.90 Å². The standard InChI is InChI=1S/C14H20N2OS/c1-3-4-7-13(17)16-8-5-6-12(10-16)14-15-9-11(2)18-14/h3,9,12H,1,4-8,10H2,2H3. The average molecular weight is 264 g/mol. The number of carbonyl (C=O) groups excluding carboxylic acids is 1. The number of aryl methyl sites for hydroxylation is 1. The Morgan fingerprint density at radius 1 is 1.72 bits per heavy atom. The number of carbonyl (C=O) groups is 1. The molecule has 4 heteroatoms. The zero-order chi connectivity index (χ0) is 13.0. The first kappa shape index (κ1) is 13.3. The molecular weight excluding hydrogens is 244 g/mol. The van der Waals surface area contributed by atoms with E-state index in [1.807, 2.05) is 17.2 Å². The van der Waals surface area contributed by atoms with E-state index in [0.717, 1.165) is 32.4 Å². The number of allylic oxidation sites excluding steroid dienone is 1. The average Bonchev–Trinajstić information content (AvgIpc) is 2.83. The Labute approximate surface area is 113 Å². The highest BCUT2D eigenvalue weighted by molar-refractivity contribution is 7.11. The highest BCUT2D eigenvalue weighted by Crippen LogP contribution is 2.29. The number of hydrogen-bond acceptors (Lipinski definition) is 3. The van der Waals surface area contributed by atoms with Crippen LogP contribution in [0.4, 0.5) is 0 Å². The summed E-state index contributed by atoms with van der Waals surface area (Å²) in [5, 5.41) is 1.19. The molecule has 98 valence electrons. The molecule has 0 aromatic carbocycles. The molecule has 1 saturated heterocycles. The Bertz CT molecular complexity index is 427. The number of amides is 1. The molecule has 3 nitrogen and oxygen atoms in total. The number of hydrogen-bond donors (Lipinski definition) is 0. The Morgan fingerprint density at radius 3 is 3.22 bits per heavy atom. The van der Waals surface area contributed by atoms with Gasteiger partial charge >= 0.3 is 0 Å². The highest BCUT2D eigenvalue weighted by Gasteiger charge is 2.25. The van der Waals surface area contributed by atoms with Crippen LogP contribution in [0.2, 0.25) is 0 Å². The number of thiazole rings is 1. The summed E-state index contributed by atoms with van der Waals surface area (Å²) in [5.41, 5.74) is 0. The summed E-state index contributed by atoms with van der Waals surface area (Å²) < 4.78 is 0. The molecular formula is C14H20N2OS. The van der Waals surface area contributed by atoms with Gasteiger partial charge in [0, 0.05) is 36.5 Å². The van der Waals surface area contributed by atoms with Crippen LogP contribution in [0.1, 0.15) is 41.5 Å². The van der Waals surface area contributed by atoms with Crippen molar-refractivity contribution < 1.29 is 4.79 Å². The first-order valence-electron chi connectivity index (χ1n) is 6.51. The van der Waals surface area contributed by atoms with E-state index in [1.54, 1.807) is 11.3 Å². The van der Waals surface area contributed by atoms with Gasteiger partial charge in [0.15, 0.2) is 0 Å². The molecule has 18 heavy (non-hydrogen) atoms. The summed E-state index contributed by atoms with van der Waals surface area (Å²) >= 11 is 1.76. The monoisotopic (exact) mass is 264 g/mol. The molecule has 1 fully saturated rings. The molecule has 0 bridgehead atoms. The van der Waals surface area contributed by atoms with Gasteiger partial charge in [0.2, 0.25) is 5.91 Å². The van der Waals surface area contributed by atoms with Gasteiger partial charge in [-0.1, -0.05) is 6.08 Å². The van der Waals surface area contributed by atoms with Crippen LogP contribution in [-0.4, -0.2) is 28.9 Å². The van der Waals surface area contributed by atoms with Crippen LogP contribution in [0, 0.1) is 6.92 Å². The lowest BCUT2D eigenvalue weighted by Gasteiger charge is -2.31. The fourth-order valence-corrected chi connectivity index (χ4v) is 3.25. The van der Waals surface area contributed by atoms with Gasteiger partial charge in [0.25, 0.3) is 0 Å². The lowest BCUT2D eigenvalue weighted by Crippen LogP contribution is -2.38. The molecule has 0 N–H and O–H groups in total. The molecule has 1 amide bonds. The van der Waals surface area contributed by atoms with E-state index in [1.165, 1.54) is 9.88 Å². The van der Waals surface area contributed by atoms with E-state index in [9.17, 15) is 4.79 Å². The predicted octanol–water partition coefficient (Wildman–Crippen LogP) is 3.12. The molecule has 1 aliphatic rings. The van der Waals surface area contributed by atoms with Crippen molar-refractivity contribution in [2.45, 2.75) is 38.5 Å². The molecule has 1 aromatic heterocycles. The molecule has 2 heterocycles. The normalized spacial score (nSPS) is 19.8. The molecule has 1 atom stereocenters. The molecule has 0 spiro atoms. The molecule has 1 unspecified atom stereocenters. The van der Waals surface area contributed by atoms with Crippen molar-refractivity contribution >= 4 is 17.2 Å². The minimum absolute atomic E-state index is 0.257. The van der Waals surface area contributed by atoms with Crippen LogP contribution < -0.4 is 0 Å². The first-order chi connectivity index (χ1) is 8.70. The summed E-state index contributed by atoms with van der Waals surface area (Å²) in [4.78, 5) is 19.7. The van der Waals surface area contributed by atoms with Crippen molar-refractivity contribution in [1.29, 1.82) is 0 Å². The minimum atomic E-state index is 0.257. The van der Waals surface area contributed by atoms with Gasteiger partial charge in [-0.3, -0.25) is 4.79 Å². The van der Waals surface area contributed by atoms with Crippen molar-refractivity contribution in [2.75, 3.05) is 13.1 Å². The number of rotatable bonds is 4. The van der Waals surface area contributed by atoms with Crippen molar-refractivity contribution in [3.63, 3.8) is 0 Å². The molecule has 2 rings (SSSR count). The Kier molecular flexibility index (Phi) is 4.53. The SMILES string of the molecule is C=CCCC(=O)N1CCCC(c2ncc(C)s2)C1.